The molecular formula is C19H26N4O2. The van der Waals surface area contributed by atoms with E-state index in [0.717, 1.165) is 69.8 Å². The number of aromatic nitrogens is 2. The van der Waals surface area contributed by atoms with E-state index in [1.54, 1.807) is 0 Å². The van der Waals surface area contributed by atoms with Crippen molar-refractivity contribution in [2.24, 2.45) is 0 Å². The lowest BCUT2D eigenvalue weighted by molar-refractivity contribution is -0.131. The Morgan fingerprint density at radius 2 is 2.16 bits per heavy atom. The van der Waals surface area contributed by atoms with Gasteiger partial charge in [-0.25, -0.2) is 4.98 Å². The van der Waals surface area contributed by atoms with Crippen LogP contribution in [0.5, 0.6) is 0 Å². The molecule has 0 aliphatic carbocycles. The van der Waals surface area contributed by atoms with Crippen LogP contribution < -0.4 is 0 Å². The van der Waals surface area contributed by atoms with Gasteiger partial charge in [-0.2, -0.15) is 0 Å². The van der Waals surface area contributed by atoms with Crippen molar-refractivity contribution in [2.45, 2.75) is 38.3 Å². The first-order valence-corrected chi connectivity index (χ1v) is 9.32. The van der Waals surface area contributed by atoms with Gasteiger partial charge in [0.1, 0.15) is 5.65 Å². The molecule has 6 heteroatoms. The highest BCUT2D eigenvalue weighted by Crippen LogP contribution is 2.17. The minimum absolute atomic E-state index is 0.244. The molecule has 4 rings (SSSR count). The summed E-state index contributed by atoms with van der Waals surface area (Å²) in [6.45, 7) is 4.66. The fraction of sp³-hybridized carbons (Fsp3) is 0.579. The first kappa shape index (κ1) is 16.5. The molecule has 6 nitrogen and oxygen atoms in total. The maximum atomic E-state index is 12.7. The molecule has 0 aromatic carbocycles. The molecule has 4 heterocycles. The third-order valence-electron chi connectivity index (χ3n) is 5.20. The number of carbonyl (C=O) groups is 1. The molecule has 2 aromatic heterocycles. The van der Waals surface area contributed by atoms with E-state index >= 15 is 0 Å². The average Bonchev–Trinajstić information content (AvgIpc) is 3.37. The highest BCUT2D eigenvalue weighted by atomic mass is 16.5. The maximum Gasteiger partial charge on any atom is 0.236 e. The van der Waals surface area contributed by atoms with Crippen LogP contribution in [0.3, 0.4) is 0 Å². The molecule has 0 N–H and O–H groups in total. The lowest BCUT2D eigenvalue weighted by atomic mass is 10.2. The number of ether oxygens (including phenoxy) is 1. The van der Waals surface area contributed by atoms with Crippen LogP contribution in [0, 0.1) is 0 Å². The van der Waals surface area contributed by atoms with Crippen LogP contribution in [0.15, 0.2) is 30.6 Å². The quantitative estimate of drug-likeness (QED) is 0.805. The number of imidazole rings is 1. The first-order chi connectivity index (χ1) is 12.3. The van der Waals surface area contributed by atoms with Gasteiger partial charge in [-0.3, -0.25) is 9.69 Å². The highest BCUT2D eigenvalue weighted by molar-refractivity contribution is 5.78. The number of nitrogens with zero attached hydrogens (tertiary/aromatic N) is 4. The topological polar surface area (TPSA) is 50.1 Å². The summed E-state index contributed by atoms with van der Waals surface area (Å²) in [5, 5.41) is 0. The molecule has 2 fully saturated rings. The Hall–Kier alpha value is -1.92. The molecule has 1 amide bonds. The molecule has 0 saturated carbocycles. The Morgan fingerprint density at radius 3 is 2.96 bits per heavy atom. The fourth-order valence-electron chi connectivity index (χ4n) is 3.88. The van der Waals surface area contributed by atoms with Crippen molar-refractivity contribution in [1.29, 1.82) is 0 Å². The molecule has 2 saturated heterocycles. The van der Waals surface area contributed by atoms with Crippen LogP contribution >= 0.6 is 0 Å². The zero-order valence-electron chi connectivity index (χ0n) is 14.6. The lowest BCUT2D eigenvalue weighted by Gasteiger charge is -2.27. The Morgan fingerprint density at radius 1 is 1.28 bits per heavy atom. The van der Waals surface area contributed by atoms with Gasteiger partial charge in [-0.15, -0.1) is 0 Å². The van der Waals surface area contributed by atoms with Gasteiger partial charge in [0.05, 0.1) is 12.6 Å². The van der Waals surface area contributed by atoms with Crippen molar-refractivity contribution in [1.82, 2.24) is 19.2 Å². The molecule has 0 radical (unpaired) electrons. The third-order valence-corrected chi connectivity index (χ3v) is 5.20. The summed E-state index contributed by atoms with van der Waals surface area (Å²) in [7, 11) is 0. The number of likely N-dealkylation sites (tertiary alicyclic amines) is 1. The highest BCUT2D eigenvalue weighted by Gasteiger charge is 2.24. The fourth-order valence-corrected chi connectivity index (χ4v) is 3.88. The van der Waals surface area contributed by atoms with Gasteiger partial charge in [0, 0.05) is 50.9 Å². The van der Waals surface area contributed by atoms with Crippen molar-refractivity contribution >= 4 is 11.6 Å². The van der Waals surface area contributed by atoms with Crippen LogP contribution in [-0.2, 0) is 16.1 Å². The van der Waals surface area contributed by atoms with Gasteiger partial charge < -0.3 is 14.0 Å². The van der Waals surface area contributed by atoms with Crippen molar-refractivity contribution in [2.75, 3.05) is 32.8 Å². The molecule has 134 valence electrons. The van der Waals surface area contributed by atoms with Gasteiger partial charge in [0.25, 0.3) is 0 Å². The van der Waals surface area contributed by atoms with Crippen LogP contribution in [0.2, 0.25) is 0 Å². The Labute approximate surface area is 148 Å². The van der Waals surface area contributed by atoms with E-state index in [1.807, 2.05) is 29.4 Å². The number of fused-ring (bicyclic) bond motifs is 1. The van der Waals surface area contributed by atoms with Crippen molar-refractivity contribution < 1.29 is 9.53 Å². The maximum absolute atomic E-state index is 12.7. The first-order valence-electron chi connectivity index (χ1n) is 9.32. The SMILES string of the molecule is O=C(CN(Cc1cccc2nccn12)C[C@@H]1CCCO1)N1CCCC1. The van der Waals surface area contributed by atoms with Crippen molar-refractivity contribution in [3.05, 3.63) is 36.3 Å². The smallest absolute Gasteiger partial charge is 0.236 e. The van der Waals surface area contributed by atoms with Crippen LogP contribution in [0.25, 0.3) is 5.65 Å². The van der Waals surface area contributed by atoms with E-state index in [-0.39, 0.29) is 12.0 Å². The number of carbonyl (C=O) groups excluding carboxylic acids is 1. The number of rotatable bonds is 6. The normalized spacial score (nSPS) is 20.8. The van der Waals surface area contributed by atoms with E-state index in [2.05, 4.69) is 20.4 Å². The summed E-state index contributed by atoms with van der Waals surface area (Å²) >= 11 is 0. The molecule has 2 aliphatic rings. The summed E-state index contributed by atoms with van der Waals surface area (Å²) in [5.74, 6) is 0.244. The van der Waals surface area contributed by atoms with Crippen molar-refractivity contribution in [3.63, 3.8) is 0 Å². The average molecular weight is 342 g/mol. The van der Waals surface area contributed by atoms with Gasteiger partial charge in [-0.05, 0) is 37.8 Å². The molecule has 2 aliphatic heterocycles. The van der Waals surface area contributed by atoms with Crippen molar-refractivity contribution in [3.8, 4) is 0 Å². The van der Waals surface area contributed by atoms with Crippen LogP contribution in [0.1, 0.15) is 31.4 Å². The summed E-state index contributed by atoms with van der Waals surface area (Å²) in [6, 6.07) is 6.14. The van der Waals surface area contributed by atoms with Gasteiger partial charge in [0.15, 0.2) is 0 Å². The lowest BCUT2D eigenvalue weighted by Crippen LogP contribution is -2.41. The molecule has 2 aromatic rings. The second kappa shape index (κ2) is 7.54. The second-order valence-electron chi connectivity index (χ2n) is 7.07. The van der Waals surface area contributed by atoms with E-state index in [4.69, 9.17) is 4.74 Å². The summed E-state index contributed by atoms with van der Waals surface area (Å²) in [6.07, 6.45) is 8.51. The third kappa shape index (κ3) is 3.85. The standard InChI is InChI=1S/C19H26N4O2/c24-19(22-9-1-2-10-22)15-21(14-17-6-4-12-25-17)13-16-5-3-7-18-20-8-11-23(16)18/h3,5,7-8,11,17H,1-2,4,6,9-10,12-15H2/t17-/m0/s1. The molecule has 25 heavy (non-hydrogen) atoms. The summed E-state index contributed by atoms with van der Waals surface area (Å²) in [4.78, 5) is 21.3. The van der Waals surface area contributed by atoms with E-state index < -0.39 is 0 Å². The number of pyridine rings is 1. The minimum atomic E-state index is 0.244. The Balaban J connectivity index is 1.49. The number of hydrogen-bond acceptors (Lipinski definition) is 4. The molecule has 0 bridgehead atoms. The van der Waals surface area contributed by atoms with Crippen LogP contribution in [-0.4, -0.2) is 64.0 Å². The van der Waals surface area contributed by atoms with Gasteiger partial charge in [0.2, 0.25) is 5.91 Å². The number of amides is 1. The Kier molecular flexibility index (Phi) is 4.99. The van der Waals surface area contributed by atoms with Crippen LogP contribution in [0.4, 0.5) is 0 Å². The summed E-state index contributed by atoms with van der Waals surface area (Å²) < 4.78 is 7.91. The zero-order valence-corrected chi connectivity index (χ0v) is 14.6. The molecule has 1 atom stereocenters. The summed E-state index contributed by atoms with van der Waals surface area (Å²) in [5.41, 5.74) is 2.10. The predicted molar refractivity (Wildman–Crippen MR) is 95.3 cm³/mol. The van der Waals surface area contributed by atoms with E-state index in [9.17, 15) is 4.79 Å². The Bertz CT molecular complexity index is 717. The van der Waals surface area contributed by atoms with Gasteiger partial charge >= 0.3 is 0 Å². The number of hydrogen-bond donors (Lipinski definition) is 0. The monoisotopic (exact) mass is 342 g/mol. The molecule has 0 spiro atoms. The molecular weight excluding hydrogens is 316 g/mol. The molecule has 0 unspecified atom stereocenters. The largest absolute Gasteiger partial charge is 0.377 e. The van der Waals surface area contributed by atoms with E-state index in [0.29, 0.717) is 6.54 Å². The predicted octanol–water partition coefficient (Wildman–Crippen LogP) is 1.94. The second-order valence-corrected chi connectivity index (χ2v) is 7.07. The van der Waals surface area contributed by atoms with E-state index in [1.165, 1.54) is 0 Å². The zero-order chi connectivity index (χ0) is 17.1. The van der Waals surface area contributed by atoms with Gasteiger partial charge in [-0.1, -0.05) is 6.07 Å². The minimum Gasteiger partial charge on any atom is -0.377 e.